The molecule has 3 aromatic rings. The summed E-state index contributed by atoms with van der Waals surface area (Å²) in [5.74, 6) is 0.462. The summed E-state index contributed by atoms with van der Waals surface area (Å²) in [6, 6.07) is 19.2. The first-order chi connectivity index (χ1) is 17.6. The predicted octanol–water partition coefficient (Wildman–Crippen LogP) is 3.56. The minimum atomic E-state index is -0.442. The maximum Gasteiger partial charge on any atom is 0.260 e. The Morgan fingerprint density at radius 2 is 1.61 bits per heavy atom. The van der Waals surface area contributed by atoms with Crippen molar-refractivity contribution in [3.8, 4) is 22.6 Å². The first-order valence-electron chi connectivity index (χ1n) is 12.0. The molecular weight excluding hydrogens is 456 g/mol. The molecule has 0 spiro atoms. The fourth-order valence-corrected chi connectivity index (χ4v) is 4.81. The highest BCUT2D eigenvalue weighted by Gasteiger charge is 2.30. The second-order valence-electron chi connectivity index (χ2n) is 9.12. The van der Waals surface area contributed by atoms with Gasteiger partial charge in [0.1, 0.15) is 0 Å². The average Bonchev–Trinajstić information content (AvgIpc) is 3.37. The number of carbonyl (C=O) groups is 2. The van der Waals surface area contributed by atoms with E-state index >= 15 is 0 Å². The minimum absolute atomic E-state index is 0.176. The van der Waals surface area contributed by atoms with Crippen LogP contribution in [0.4, 0.5) is 11.4 Å². The first-order valence-corrected chi connectivity index (χ1v) is 12.0. The molecule has 0 radical (unpaired) electrons. The van der Waals surface area contributed by atoms with Crippen molar-refractivity contribution in [2.75, 3.05) is 50.2 Å². The SMILES string of the molecule is CN1CCN(c2ccc(NC=C3C(=O)NC(=O)c4cccc(-c5ccc6c(c5)OCO6)c43)cc2)CC1. The normalized spacial score (nSPS) is 18.2. The molecule has 3 aromatic carbocycles. The van der Waals surface area contributed by atoms with E-state index in [-0.39, 0.29) is 6.79 Å². The second-order valence-corrected chi connectivity index (χ2v) is 9.12. The Morgan fingerprint density at radius 1 is 0.861 bits per heavy atom. The van der Waals surface area contributed by atoms with Gasteiger partial charge in [-0.25, -0.2) is 0 Å². The van der Waals surface area contributed by atoms with Gasteiger partial charge >= 0.3 is 0 Å². The highest BCUT2D eigenvalue weighted by atomic mass is 16.7. The van der Waals surface area contributed by atoms with Crippen LogP contribution in [0.1, 0.15) is 15.9 Å². The van der Waals surface area contributed by atoms with Crippen LogP contribution in [-0.2, 0) is 4.79 Å². The summed E-state index contributed by atoms with van der Waals surface area (Å²) in [5, 5.41) is 5.71. The number of carbonyl (C=O) groups excluding carboxylic acids is 2. The number of benzene rings is 3. The number of nitrogens with one attached hydrogen (secondary N) is 2. The maximum atomic E-state index is 13.0. The van der Waals surface area contributed by atoms with Gasteiger partial charge in [-0.05, 0) is 60.6 Å². The summed E-state index contributed by atoms with van der Waals surface area (Å²) < 4.78 is 11.0. The van der Waals surface area contributed by atoms with Crippen LogP contribution in [0.2, 0.25) is 0 Å². The Hall–Kier alpha value is -4.30. The molecule has 0 aromatic heterocycles. The first kappa shape index (κ1) is 22.2. The summed E-state index contributed by atoms with van der Waals surface area (Å²) in [4.78, 5) is 30.3. The Labute approximate surface area is 209 Å². The fraction of sp³-hybridized carbons (Fsp3) is 0.214. The number of nitrogens with zero attached hydrogens (tertiary/aromatic N) is 2. The molecule has 8 heteroatoms. The van der Waals surface area contributed by atoms with Gasteiger partial charge < -0.3 is 24.6 Å². The van der Waals surface area contributed by atoms with E-state index < -0.39 is 11.8 Å². The van der Waals surface area contributed by atoms with Crippen molar-refractivity contribution in [3.05, 3.63) is 78.0 Å². The topological polar surface area (TPSA) is 83.1 Å². The van der Waals surface area contributed by atoms with E-state index in [1.807, 2.05) is 42.5 Å². The van der Waals surface area contributed by atoms with Gasteiger partial charge in [0, 0.05) is 54.9 Å². The lowest BCUT2D eigenvalue weighted by molar-refractivity contribution is -0.114. The molecule has 1 fully saturated rings. The monoisotopic (exact) mass is 482 g/mol. The lowest BCUT2D eigenvalue weighted by Crippen LogP contribution is -2.44. The second kappa shape index (κ2) is 9.05. The number of likely N-dealkylation sites (N-methyl/N-ethyl adjacent to an activating group) is 1. The van der Waals surface area contributed by atoms with Gasteiger partial charge in [0.25, 0.3) is 11.8 Å². The summed E-state index contributed by atoms with van der Waals surface area (Å²) in [5.41, 5.74) is 5.06. The van der Waals surface area contributed by atoms with Crippen molar-refractivity contribution < 1.29 is 19.1 Å². The molecule has 0 atom stereocenters. The molecule has 182 valence electrons. The third-order valence-electron chi connectivity index (χ3n) is 6.85. The molecule has 3 aliphatic heterocycles. The molecule has 0 bridgehead atoms. The number of imide groups is 1. The van der Waals surface area contributed by atoms with E-state index in [0.717, 1.165) is 43.0 Å². The van der Waals surface area contributed by atoms with Crippen LogP contribution < -0.4 is 25.0 Å². The van der Waals surface area contributed by atoms with E-state index in [1.54, 1.807) is 12.3 Å². The Balaban J connectivity index is 1.32. The quantitative estimate of drug-likeness (QED) is 0.435. The lowest BCUT2D eigenvalue weighted by Gasteiger charge is -2.34. The van der Waals surface area contributed by atoms with Crippen LogP contribution in [0.3, 0.4) is 0 Å². The maximum absolute atomic E-state index is 13.0. The molecule has 0 aliphatic carbocycles. The van der Waals surface area contributed by atoms with E-state index in [2.05, 4.69) is 39.6 Å². The highest BCUT2D eigenvalue weighted by Crippen LogP contribution is 2.40. The zero-order chi connectivity index (χ0) is 24.6. The number of hydrogen-bond donors (Lipinski definition) is 2. The van der Waals surface area contributed by atoms with Crippen LogP contribution in [-0.4, -0.2) is 56.7 Å². The zero-order valence-electron chi connectivity index (χ0n) is 19.9. The lowest BCUT2D eigenvalue weighted by atomic mass is 9.87. The van der Waals surface area contributed by atoms with Crippen molar-refractivity contribution in [1.82, 2.24) is 10.2 Å². The van der Waals surface area contributed by atoms with E-state index in [4.69, 9.17) is 9.47 Å². The smallest absolute Gasteiger partial charge is 0.260 e. The van der Waals surface area contributed by atoms with Gasteiger partial charge in [0.2, 0.25) is 6.79 Å². The number of piperazine rings is 1. The minimum Gasteiger partial charge on any atom is -0.454 e. The predicted molar refractivity (Wildman–Crippen MR) is 138 cm³/mol. The van der Waals surface area contributed by atoms with Gasteiger partial charge in [-0.2, -0.15) is 0 Å². The number of anilines is 2. The van der Waals surface area contributed by atoms with Crippen LogP contribution in [0.15, 0.2) is 66.9 Å². The van der Waals surface area contributed by atoms with Crippen molar-refractivity contribution in [3.63, 3.8) is 0 Å². The molecule has 1 saturated heterocycles. The Bertz CT molecular complexity index is 1370. The highest BCUT2D eigenvalue weighted by molar-refractivity contribution is 6.32. The summed E-state index contributed by atoms with van der Waals surface area (Å²) in [6.07, 6.45) is 1.67. The summed E-state index contributed by atoms with van der Waals surface area (Å²) in [6.45, 7) is 4.27. The van der Waals surface area contributed by atoms with Gasteiger partial charge in [-0.15, -0.1) is 0 Å². The van der Waals surface area contributed by atoms with Crippen LogP contribution >= 0.6 is 0 Å². The Kier molecular flexibility index (Phi) is 5.58. The summed E-state index contributed by atoms with van der Waals surface area (Å²) >= 11 is 0. The molecule has 2 N–H and O–H groups in total. The van der Waals surface area contributed by atoms with Gasteiger partial charge in [-0.3, -0.25) is 14.9 Å². The van der Waals surface area contributed by atoms with Crippen molar-refractivity contribution in [2.45, 2.75) is 0 Å². The van der Waals surface area contributed by atoms with Crippen LogP contribution in [0.25, 0.3) is 16.7 Å². The van der Waals surface area contributed by atoms with Crippen LogP contribution in [0.5, 0.6) is 11.5 Å². The van der Waals surface area contributed by atoms with Crippen molar-refractivity contribution >= 4 is 28.8 Å². The molecule has 3 aliphatic rings. The molecule has 0 saturated carbocycles. The van der Waals surface area contributed by atoms with E-state index in [1.165, 1.54) is 5.69 Å². The molecule has 2 amide bonds. The number of ether oxygens (including phenoxy) is 2. The fourth-order valence-electron chi connectivity index (χ4n) is 4.81. The molecular formula is C28H26N4O4. The van der Waals surface area contributed by atoms with Crippen LogP contribution in [0, 0.1) is 0 Å². The number of rotatable bonds is 4. The van der Waals surface area contributed by atoms with Crippen molar-refractivity contribution in [1.29, 1.82) is 0 Å². The number of hydrogen-bond acceptors (Lipinski definition) is 7. The third kappa shape index (κ3) is 4.05. The van der Waals surface area contributed by atoms with Gasteiger partial charge in [-0.1, -0.05) is 18.2 Å². The van der Waals surface area contributed by atoms with E-state index in [9.17, 15) is 9.59 Å². The molecule has 6 rings (SSSR count). The van der Waals surface area contributed by atoms with Gasteiger partial charge in [0.05, 0.1) is 5.57 Å². The largest absolute Gasteiger partial charge is 0.454 e. The molecule has 0 unspecified atom stereocenters. The molecule has 36 heavy (non-hydrogen) atoms. The van der Waals surface area contributed by atoms with Gasteiger partial charge in [0.15, 0.2) is 11.5 Å². The summed E-state index contributed by atoms with van der Waals surface area (Å²) in [7, 11) is 2.14. The zero-order valence-corrected chi connectivity index (χ0v) is 19.9. The molecule has 3 heterocycles. The number of fused-ring (bicyclic) bond motifs is 2. The Morgan fingerprint density at radius 3 is 2.42 bits per heavy atom. The number of amides is 2. The average molecular weight is 483 g/mol. The standard InChI is InChI=1S/C28H26N4O4/c1-31-11-13-32(14-12-31)20-8-6-19(7-9-20)29-16-23-26-21(3-2-4-22(26)27(33)30-28(23)34)18-5-10-24-25(15-18)36-17-35-24/h2-10,15-16,29H,11-14,17H2,1H3,(H,30,33,34). The third-order valence-corrected chi connectivity index (χ3v) is 6.85. The van der Waals surface area contributed by atoms with Crippen molar-refractivity contribution in [2.24, 2.45) is 0 Å². The van der Waals surface area contributed by atoms with E-state index in [0.29, 0.717) is 28.2 Å². The molecule has 8 nitrogen and oxygen atoms in total.